The van der Waals surface area contributed by atoms with Crippen molar-refractivity contribution >= 4 is 23.2 Å². The van der Waals surface area contributed by atoms with Crippen molar-refractivity contribution in [1.29, 1.82) is 0 Å². The molecule has 0 aliphatic heterocycles. The van der Waals surface area contributed by atoms with Crippen LogP contribution in [0.5, 0.6) is 0 Å². The van der Waals surface area contributed by atoms with Crippen LogP contribution in [0.15, 0.2) is 0 Å². The third-order valence-corrected chi connectivity index (χ3v) is 2.38. The number of rotatable bonds is 5. The molecule has 3 heteroatoms. The Hall–Kier alpha value is 0.540. The molecule has 0 rings (SSSR count). The summed E-state index contributed by atoms with van der Waals surface area (Å²) in [6, 6.07) is 0. The van der Waals surface area contributed by atoms with Gasteiger partial charge in [-0.2, -0.15) is 0 Å². The number of hydrogen-bond acceptors (Lipinski definition) is 1. The van der Waals surface area contributed by atoms with E-state index in [0.29, 0.717) is 17.7 Å². The van der Waals surface area contributed by atoms with Gasteiger partial charge in [-0.3, -0.25) is 0 Å². The van der Waals surface area contributed by atoms with Crippen molar-refractivity contribution < 1.29 is 4.74 Å². The van der Waals surface area contributed by atoms with Crippen molar-refractivity contribution in [3.63, 3.8) is 0 Å². The number of halogens is 2. The third kappa shape index (κ3) is 4.37. The largest absolute Gasteiger partial charge is 0.382 e. The molecule has 0 saturated heterocycles. The summed E-state index contributed by atoms with van der Waals surface area (Å²) in [4.78, 5) is 0. The Morgan fingerprint density at radius 1 is 1.30 bits per heavy atom. The molecule has 0 fully saturated rings. The number of alkyl halides is 2. The van der Waals surface area contributed by atoms with Gasteiger partial charge in [0.1, 0.15) is 0 Å². The third-order valence-electron chi connectivity index (χ3n) is 1.50. The van der Waals surface area contributed by atoms with E-state index < -0.39 is 0 Å². The van der Waals surface area contributed by atoms with E-state index in [2.05, 4.69) is 0 Å². The van der Waals surface area contributed by atoms with Crippen molar-refractivity contribution in [3.05, 3.63) is 0 Å². The molecule has 62 valence electrons. The molecule has 0 saturated carbocycles. The summed E-state index contributed by atoms with van der Waals surface area (Å²) < 4.78 is 5.07. The Morgan fingerprint density at radius 3 is 2.10 bits per heavy atom. The van der Waals surface area contributed by atoms with Gasteiger partial charge in [-0.15, -0.1) is 23.2 Å². The summed E-state index contributed by atoms with van der Waals surface area (Å²) >= 11 is 11.3. The summed E-state index contributed by atoms with van der Waals surface area (Å²) in [5, 5.41) is 0. The van der Waals surface area contributed by atoms with Crippen LogP contribution >= 0.6 is 23.2 Å². The Morgan fingerprint density at radius 2 is 1.80 bits per heavy atom. The zero-order valence-electron chi connectivity index (χ0n) is 6.44. The Labute approximate surface area is 72.6 Å². The molecule has 0 radical (unpaired) electrons. The van der Waals surface area contributed by atoms with Crippen molar-refractivity contribution in [2.24, 2.45) is 5.92 Å². The first-order valence-corrected chi connectivity index (χ1v) is 4.46. The molecule has 0 aromatic carbocycles. The maximum absolute atomic E-state index is 5.63. The van der Waals surface area contributed by atoms with Crippen LogP contribution in [0.25, 0.3) is 0 Å². The summed E-state index contributed by atoms with van der Waals surface area (Å²) in [6.07, 6.45) is 1.21. The fourth-order valence-electron chi connectivity index (χ4n) is 0.733. The first-order chi connectivity index (χ1) is 4.74. The van der Waals surface area contributed by atoms with Crippen molar-refractivity contribution in [2.75, 3.05) is 18.9 Å². The fraction of sp³-hybridized carbons (Fsp3) is 1.00. The average molecular weight is 185 g/mol. The predicted octanol–water partition coefficient (Wildman–Crippen LogP) is 2.51. The Kier molecular flexibility index (Phi) is 6.60. The van der Waals surface area contributed by atoms with E-state index in [9.17, 15) is 0 Å². The lowest BCUT2D eigenvalue weighted by Crippen LogP contribution is -2.14. The standard InChI is InChI=1S/C7H14Cl2O/c1-6(10-2)3-7(4-8)5-9/h6-7H,3-5H2,1-2H3. The van der Waals surface area contributed by atoms with E-state index in [0.717, 1.165) is 6.42 Å². The van der Waals surface area contributed by atoms with Gasteiger partial charge in [0.05, 0.1) is 6.10 Å². The molecule has 0 aliphatic carbocycles. The first-order valence-electron chi connectivity index (χ1n) is 3.39. The molecular formula is C7H14Cl2O. The van der Waals surface area contributed by atoms with E-state index in [4.69, 9.17) is 27.9 Å². The smallest absolute Gasteiger partial charge is 0.0546 e. The van der Waals surface area contributed by atoms with Crippen LogP contribution in [0.4, 0.5) is 0 Å². The molecule has 1 unspecified atom stereocenters. The summed E-state index contributed by atoms with van der Waals surface area (Å²) in [5.41, 5.74) is 0. The molecule has 0 amide bonds. The van der Waals surface area contributed by atoms with E-state index in [1.165, 1.54) is 0 Å². The number of methoxy groups -OCH3 is 1. The number of ether oxygens (including phenoxy) is 1. The topological polar surface area (TPSA) is 9.23 Å². The highest BCUT2D eigenvalue weighted by Gasteiger charge is 2.09. The lowest BCUT2D eigenvalue weighted by molar-refractivity contribution is 0.100. The minimum Gasteiger partial charge on any atom is -0.382 e. The molecular weight excluding hydrogens is 171 g/mol. The highest BCUT2D eigenvalue weighted by molar-refractivity contribution is 6.20. The molecule has 1 nitrogen and oxygen atoms in total. The minimum atomic E-state index is 0.266. The molecule has 0 aliphatic rings. The molecule has 0 heterocycles. The van der Waals surface area contributed by atoms with Crippen molar-refractivity contribution in [3.8, 4) is 0 Å². The van der Waals surface area contributed by atoms with Gasteiger partial charge in [0.2, 0.25) is 0 Å². The van der Waals surface area contributed by atoms with Gasteiger partial charge in [-0.1, -0.05) is 0 Å². The van der Waals surface area contributed by atoms with Gasteiger partial charge in [-0.05, 0) is 19.3 Å². The molecule has 0 spiro atoms. The van der Waals surface area contributed by atoms with Crippen LogP contribution in [0.1, 0.15) is 13.3 Å². The summed E-state index contributed by atoms with van der Waals surface area (Å²) in [5.74, 6) is 1.63. The monoisotopic (exact) mass is 184 g/mol. The molecule has 10 heavy (non-hydrogen) atoms. The minimum absolute atomic E-state index is 0.266. The van der Waals surface area contributed by atoms with Gasteiger partial charge >= 0.3 is 0 Å². The second kappa shape index (κ2) is 6.26. The van der Waals surface area contributed by atoms with Crippen LogP contribution in [0.2, 0.25) is 0 Å². The van der Waals surface area contributed by atoms with Gasteiger partial charge < -0.3 is 4.74 Å². The van der Waals surface area contributed by atoms with E-state index in [-0.39, 0.29) is 6.10 Å². The Balaban J connectivity index is 3.41. The van der Waals surface area contributed by atoms with Crippen LogP contribution in [-0.4, -0.2) is 25.0 Å². The van der Waals surface area contributed by atoms with E-state index in [1.807, 2.05) is 6.92 Å². The quantitative estimate of drug-likeness (QED) is 0.598. The molecule has 0 bridgehead atoms. The predicted molar refractivity (Wildman–Crippen MR) is 46.0 cm³/mol. The first kappa shape index (κ1) is 10.5. The van der Waals surface area contributed by atoms with Gasteiger partial charge in [-0.25, -0.2) is 0 Å². The van der Waals surface area contributed by atoms with Crippen LogP contribution in [-0.2, 0) is 4.74 Å². The molecule has 1 atom stereocenters. The molecule has 0 aromatic rings. The average Bonchev–Trinajstić information content (AvgIpc) is 1.99. The lowest BCUT2D eigenvalue weighted by Gasteiger charge is -2.14. The van der Waals surface area contributed by atoms with Crippen molar-refractivity contribution in [2.45, 2.75) is 19.4 Å². The van der Waals surface area contributed by atoms with Gasteiger partial charge in [0.15, 0.2) is 0 Å². The van der Waals surface area contributed by atoms with Gasteiger partial charge in [0.25, 0.3) is 0 Å². The summed E-state index contributed by atoms with van der Waals surface area (Å²) in [6.45, 7) is 2.02. The van der Waals surface area contributed by atoms with E-state index in [1.54, 1.807) is 7.11 Å². The SMILES string of the molecule is COC(C)CC(CCl)CCl. The maximum atomic E-state index is 5.63. The molecule has 0 aromatic heterocycles. The zero-order valence-corrected chi connectivity index (χ0v) is 7.95. The van der Waals surface area contributed by atoms with Crippen LogP contribution in [0, 0.1) is 5.92 Å². The lowest BCUT2D eigenvalue weighted by atomic mass is 10.1. The van der Waals surface area contributed by atoms with Crippen molar-refractivity contribution in [1.82, 2.24) is 0 Å². The van der Waals surface area contributed by atoms with Crippen LogP contribution < -0.4 is 0 Å². The normalized spacial score (nSPS) is 14.1. The molecule has 0 N–H and O–H groups in total. The zero-order chi connectivity index (χ0) is 7.98. The second-order valence-electron chi connectivity index (χ2n) is 2.46. The van der Waals surface area contributed by atoms with E-state index >= 15 is 0 Å². The highest BCUT2D eigenvalue weighted by atomic mass is 35.5. The maximum Gasteiger partial charge on any atom is 0.0546 e. The van der Waals surface area contributed by atoms with Crippen LogP contribution in [0.3, 0.4) is 0 Å². The highest BCUT2D eigenvalue weighted by Crippen LogP contribution is 2.11. The fourth-order valence-corrected chi connectivity index (χ4v) is 1.31. The van der Waals surface area contributed by atoms with Gasteiger partial charge in [0, 0.05) is 18.9 Å². The summed E-state index contributed by atoms with van der Waals surface area (Å²) in [7, 11) is 1.70. The Bertz CT molecular complexity index is 74.0. The second-order valence-corrected chi connectivity index (χ2v) is 3.07. The number of hydrogen-bond donors (Lipinski definition) is 0.